The molecule has 0 radical (unpaired) electrons. The molecule has 8 heteroatoms. The molecule has 158 valence electrons. The van der Waals surface area contributed by atoms with Crippen LogP contribution in [-0.2, 0) is 11.4 Å². The number of carbonyl (C=O) groups is 1. The van der Waals surface area contributed by atoms with Crippen LogP contribution in [0.15, 0.2) is 71.1 Å². The second-order valence-electron chi connectivity index (χ2n) is 7.03. The zero-order valence-corrected chi connectivity index (χ0v) is 17.4. The summed E-state index contributed by atoms with van der Waals surface area (Å²) in [6.07, 6.45) is 1.86. The number of anilines is 1. The summed E-state index contributed by atoms with van der Waals surface area (Å²) < 4.78 is 19.0. The third kappa shape index (κ3) is 4.86. The Morgan fingerprint density at radius 3 is 2.77 bits per heavy atom. The van der Waals surface area contributed by atoms with Gasteiger partial charge in [0.2, 0.25) is 5.91 Å². The Labute approximate surface area is 182 Å². The van der Waals surface area contributed by atoms with Crippen LogP contribution in [0.3, 0.4) is 0 Å². The molecule has 0 aliphatic carbocycles. The topological polar surface area (TPSA) is 84.1 Å². The van der Waals surface area contributed by atoms with Crippen molar-refractivity contribution in [2.24, 2.45) is 0 Å². The lowest BCUT2D eigenvalue weighted by Crippen LogP contribution is -2.31. The van der Waals surface area contributed by atoms with Crippen LogP contribution < -0.4 is 15.6 Å². The van der Waals surface area contributed by atoms with Gasteiger partial charge >= 0.3 is 0 Å². The Morgan fingerprint density at radius 1 is 1.23 bits per heavy atom. The van der Waals surface area contributed by atoms with Crippen LogP contribution >= 0.6 is 11.8 Å². The van der Waals surface area contributed by atoms with Crippen molar-refractivity contribution in [1.29, 1.82) is 0 Å². The van der Waals surface area contributed by atoms with Gasteiger partial charge in [-0.05, 0) is 35.4 Å². The number of thioether (sulfide) groups is 1. The molecule has 0 spiro atoms. The van der Waals surface area contributed by atoms with Crippen LogP contribution in [0, 0.1) is 5.82 Å². The first-order valence-electron chi connectivity index (χ1n) is 9.68. The molecule has 0 saturated heterocycles. The number of H-pyrrole nitrogens is 1. The number of aromatic amines is 1. The molecule has 1 aliphatic rings. The zero-order chi connectivity index (χ0) is 21.8. The summed E-state index contributed by atoms with van der Waals surface area (Å²) in [5.41, 5.74) is 1.71. The van der Waals surface area contributed by atoms with Crippen LogP contribution in [0.4, 0.5) is 10.2 Å². The fourth-order valence-electron chi connectivity index (χ4n) is 3.43. The summed E-state index contributed by atoms with van der Waals surface area (Å²) in [6, 6.07) is 13.4. The van der Waals surface area contributed by atoms with Crippen LogP contribution in [0.5, 0.6) is 5.75 Å². The number of carbonyl (C=O) groups excluding carboxylic acids is 1. The molecule has 3 aromatic rings. The number of fused-ring (bicyclic) bond motifs is 1. The summed E-state index contributed by atoms with van der Waals surface area (Å²) in [5.74, 6) is 0.587. The van der Waals surface area contributed by atoms with E-state index in [0.717, 1.165) is 11.1 Å². The van der Waals surface area contributed by atoms with Gasteiger partial charge < -0.3 is 15.0 Å². The zero-order valence-electron chi connectivity index (χ0n) is 16.6. The minimum Gasteiger partial charge on any atom is -0.489 e. The van der Waals surface area contributed by atoms with E-state index in [9.17, 15) is 14.0 Å². The third-order valence-corrected chi connectivity index (χ3v) is 5.71. The summed E-state index contributed by atoms with van der Waals surface area (Å²) >= 11 is 1.34. The molecular formula is C23H20FN3O3S. The van der Waals surface area contributed by atoms with Gasteiger partial charge in [0, 0.05) is 18.1 Å². The second-order valence-corrected chi connectivity index (χ2v) is 8.03. The number of hydrogen-bond donors (Lipinski definition) is 2. The maximum atomic E-state index is 13.3. The van der Waals surface area contributed by atoms with Gasteiger partial charge in [-0.2, -0.15) is 0 Å². The SMILES string of the molecule is C=CCSc1nc2c(c(=O)[nH]1)C(c1ccc(OCc3cccc(F)c3)cc1)CC(=O)N2. The number of benzene rings is 2. The van der Waals surface area contributed by atoms with Crippen molar-refractivity contribution >= 4 is 23.5 Å². The van der Waals surface area contributed by atoms with Gasteiger partial charge in [0.25, 0.3) is 5.56 Å². The first kappa shape index (κ1) is 20.9. The fourth-order valence-corrected chi connectivity index (χ4v) is 4.03. The Bertz CT molecular complexity index is 1180. The smallest absolute Gasteiger partial charge is 0.257 e. The van der Waals surface area contributed by atoms with E-state index in [2.05, 4.69) is 21.9 Å². The number of nitrogens with one attached hydrogen (secondary N) is 2. The van der Waals surface area contributed by atoms with Gasteiger partial charge in [0.05, 0.1) is 5.56 Å². The number of ether oxygens (including phenoxy) is 1. The van der Waals surface area contributed by atoms with Gasteiger partial charge in [0.15, 0.2) is 5.16 Å². The quantitative estimate of drug-likeness (QED) is 0.328. The van der Waals surface area contributed by atoms with Gasteiger partial charge in [-0.15, -0.1) is 6.58 Å². The Morgan fingerprint density at radius 2 is 2.03 bits per heavy atom. The number of nitrogens with zero attached hydrogens (tertiary/aromatic N) is 1. The summed E-state index contributed by atoms with van der Waals surface area (Å²) in [4.78, 5) is 32.2. The van der Waals surface area contributed by atoms with E-state index in [0.29, 0.717) is 28.0 Å². The van der Waals surface area contributed by atoms with Crippen molar-refractivity contribution in [1.82, 2.24) is 9.97 Å². The van der Waals surface area contributed by atoms with Crippen LogP contribution in [0.25, 0.3) is 0 Å². The average Bonchev–Trinajstić information content (AvgIpc) is 2.76. The largest absolute Gasteiger partial charge is 0.489 e. The molecule has 0 saturated carbocycles. The Balaban J connectivity index is 1.55. The van der Waals surface area contributed by atoms with Crippen molar-refractivity contribution in [2.75, 3.05) is 11.1 Å². The summed E-state index contributed by atoms with van der Waals surface area (Å²) in [7, 11) is 0. The second kappa shape index (κ2) is 9.18. The number of halogens is 1. The first-order chi connectivity index (χ1) is 15.0. The van der Waals surface area contributed by atoms with Crippen molar-refractivity contribution in [3.63, 3.8) is 0 Å². The summed E-state index contributed by atoms with van der Waals surface area (Å²) in [5, 5.41) is 3.14. The lowest BCUT2D eigenvalue weighted by atomic mass is 9.87. The minimum atomic E-state index is -0.407. The van der Waals surface area contributed by atoms with Gasteiger partial charge in [-0.1, -0.05) is 42.1 Å². The van der Waals surface area contributed by atoms with Crippen molar-refractivity contribution in [3.8, 4) is 5.75 Å². The van der Waals surface area contributed by atoms with Crippen molar-refractivity contribution in [2.45, 2.75) is 24.1 Å². The van der Waals surface area contributed by atoms with Crippen LogP contribution in [0.2, 0.25) is 0 Å². The van der Waals surface area contributed by atoms with E-state index in [1.807, 2.05) is 12.1 Å². The molecule has 6 nitrogen and oxygen atoms in total. The number of hydrogen-bond acceptors (Lipinski definition) is 5. The first-order valence-corrected chi connectivity index (χ1v) is 10.7. The standard InChI is InChI=1S/C23H20FN3O3S/c1-2-10-31-23-26-21-20(22(29)27-23)18(12-19(28)25-21)15-6-8-17(9-7-15)30-13-14-4-3-5-16(24)11-14/h2-9,11,18H,1,10,12-13H2,(H2,25,26,27,28,29). The minimum absolute atomic E-state index is 0.153. The number of rotatable bonds is 7. The molecule has 1 aliphatic heterocycles. The van der Waals surface area contributed by atoms with Gasteiger partial charge in [-0.25, -0.2) is 9.37 Å². The molecular weight excluding hydrogens is 417 g/mol. The highest BCUT2D eigenvalue weighted by molar-refractivity contribution is 7.99. The van der Waals surface area contributed by atoms with E-state index in [1.165, 1.54) is 23.9 Å². The predicted molar refractivity (Wildman–Crippen MR) is 118 cm³/mol. The fraction of sp³-hybridized carbons (Fsp3) is 0.174. The van der Waals surface area contributed by atoms with Crippen molar-refractivity contribution in [3.05, 3.63) is 94.0 Å². The highest BCUT2D eigenvalue weighted by atomic mass is 32.2. The average molecular weight is 437 g/mol. The predicted octanol–water partition coefficient (Wildman–Crippen LogP) is 4.24. The van der Waals surface area contributed by atoms with Crippen molar-refractivity contribution < 1.29 is 13.9 Å². The van der Waals surface area contributed by atoms with E-state index < -0.39 is 5.92 Å². The third-order valence-electron chi connectivity index (χ3n) is 4.84. The molecule has 1 amide bonds. The molecule has 0 fully saturated rings. The summed E-state index contributed by atoms with van der Waals surface area (Å²) in [6.45, 7) is 3.89. The molecule has 0 bridgehead atoms. The van der Waals surface area contributed by atoms with E-state index in [1.54, 1.807) is 30.3 Å². The van der Waals surface area contributed by atoms with Crippen LogP contribution in [-0.4, -0.2) is 21.6 Å². The molecule has 4 rings (SSSR count). The number of amides is 1. The number of aromatic nitrogens is 2. The van der Waals surface area contributed by atoms with Crippen LogP contribution in [0.1, 0.15) is 29.0 Å². The van der Waals surface area contributed by atoms with E-state index >= 15 is 0 Å². The molecule has 1 unspecified atom stereocenters. The highest BCUT2D eigenvalue weighted by Crippen LogP contribution is 2.35. The maximum absolute atomic E-state index is 13.3. The lowest BCUT2D eigenvalue weighted by molar-refractivity contribution is -0.116. The monoisotopic (exact) mass is 437 g/mol. The molecule has 1 atom stereocenters. The van der Waals surface area contributed by atoms with Gasteiger partial charge in [0.1, 0.15) is 24.0 Å². The van der Waals surface area contributed by atoms with Gasteiger partial charge in [-0.3, -0.25) is 9.59 Å². The molecule has 2 heterocycles. The molecule has 2 N–H and O–H groups in total. The Kier molecular flexibility index (Phi) is 6.18. The molecule has 2 aromatic carbocycles. The molecule has 1 aromatic heterocycles. The Hall–Kier alpha value is -3.39. The normalized spacial score (nSPS) is 15.1. The lowest BCUT2D eigenvalue weighted by Gasteiger charge is -2.24. The highest BCUT2D eigenvalue weighted by Gasteiger charge is 2.30. The van der Waals surface area contributed by atoms with E-state index in [-0.39, 0.29) is 30.3 Å². The van der Waals surface area contributed by atoms with E-state index in [4.69, 9.17) is 4.74 Å². The molecule has 31 heavy (non-hydrogen) atoms. The maximum Gasteiger partial charge on any atom is 0.257 e.